The Morgan fingerprint density at radius 3 is 2.78 bits per heavy atom. The summed E-state index contributed by atoms with van der Waals surface area (Å²) in [4.78, 5) is 38.6. The van der Waals surface area contributed by atoms with Gasteiger partial charge in [-0.25, -0.2) is 4.98 Å². The van der Waals surface area contributed by atoms with Gasteiger partial charge in [0.25, 0.3) is 5.69 Å². The van der Waals surface area contributed by atoms with Crippen molar-refractivity contribution in [2.24, 2.45) is 5.73 Å². The highest BCUT2D eigenvalue weighted by atomic mass is 32.2. The second-order valence-electron chi connectivity index (χ2n) is 5.63. The molecule has 2 amide bonds. The number of primary amides is 1. The predicted octanol–water partition coefficient (Wildman–Crippen LogP) is 3.34. The molecule has 1 heterocycles. The van der Waals surface area contributed by atoms with E-state index in [1.54, 1.807) is 0 Å². The molecule has 0 radical (unpaired) electrons. The summed E-state index contributed by atoms with van der Waals surface area (Å²) >= 11 is 2.37. The number of hydrogen-bond donors (Lipinski definition) is 2. The van der Waals surface area contributed by atoms with Gasteiger partial charge in [0.1, 0.15) is 0 Å². The highest BCUT2D eigenvalue weighted by Crippen LogP contribution is 2.31. The number of carbonyl (C=O) groups excluding carboxylic acids is 2. The monoisotopic (exact) mass is 402 g/mol. The van der Waals surface area contributed by atoms with Crippen LogP contribution in [0, 0.1) is 17.0 Å². The Kier molecular flexibility index (Phi) is 5.38. The molecule has 138 valence electrons. The highest BCUT2D eigenvalue weighted by molar-refractivity contribution is 8.00. The summed E-state index contributed by atoms with van der Waals surface area (Å²) in [6.45, 7) is 1.98. The smallest absolute Gasteiger partial charge is 0.283 e. The Labute approximate surface area is 161 Å². The van der Waals surface area contributed by atoms with Gasteiger partial charge in [-0.1, -0.05) is 17.4 Å². The van der Waals surface area contributed by atoms with Gasteiger partial charge in [-0.3, -0.25) is 19.7 Å². The van der Waals surface area contributed by atoms with Crippen LogP contribution in [0.4, 0.5) is 10.8 Å². The number of nitrogens with two attached hydrogens (primary N) is 1. The fraction of sp³-hybridized carbons (Fsp3) is 0.118. The quantitative estimate of drug-likeness (QED) is 0.370. The van der Waals surface area contributed by atoms with Gasteiger partial charge in [-0.2, -0.15) is 0 Å². The van der Waals surface area contributed by atoms with E-state index in [9.17, 15) is 19.7 Å². The summed E-state index contributed by atoms with van der Waals surface area (Å²) in [5, 5.41) is 14.4. The first-order valence-electron chi connectivity index (χ1n) is 7.71. The minimum absolute atomic E-state index is 0.0360. The molecule has 0 saturated carbocycles. The molecule has 3 N–H and O–H groups in total. The number of carbonyl (C=O) groups is 2. The molecule has 0 spiro atoms. The average molecular weight is 402 g/mol. The Morgan fingerprint density at radius 2 is 2.07 bits per heavy atom. The molecule has 3 rings (SSSR count). The summed E-state index contributed by atoms with van der Waals surface area (Å²) in [6, 6.07) is 9.73. The van der Waals surface area contributed by atoms with Gasteiger partial charge < -0.3 is 11.1 Å². The number of nitrogens with one attached hydrogen (secondary N) is 1. The Hall–Kier alpha value is -2.98. The van der Waals surface area contributed by atoms with Gasteiger partial charge in [0.2, 0.25) is 11.8 Å². The van der Waals surface area contributed by atoms with Crippen LogP contribution in [0.1, 0.15) is 15.9 Å². The van der Waals surface area contributed by atoms with E-state index >= 15 is 0 Å². The van der Waals surface area contributed by atoms with Crippen molar-refractivity contribution in [2.75, 3.05) is 11.1 Å². The van der Waals surface area contributed by atoms with Crippen molar-refractivity contribution < 1.29 is 14.5 Å². The number of hydrogen-bond acceptors (Lipinski definition) is 7. The topological polar surface area (TPSA) is 128 Å². The largest absolute Gasteiger partial charge is 0.366 e. The number of amides is 2. The van der Waals surface area contributed by atoms with Crippen molar-refractivity contribution in [3.8, 4) is 0 Å². The number of fused-ring (bicyclic) bond motifs is 1. The zero-order valence-corrected chi connectivity index (χ0v) is 15.7. The van der Waals surface area contributed by atoms with Gasteiger partial charge in [0.05, 0.1) is 25.8 Å². The molecule has 0 unspecified atom stereocenters. The third kappa shape index (κ3) is 4.41. The molecular formula is C17H14N4O4S2. The van der Waals surface area contributed by atoms with Crippen LogP contribution in [0.5, 0.6) is 0 Å². The van der Waals surface area contributed by atoms with Crippen LogP contribution in [0.3, 0.4) is 0 Å². The molecule has 0 bridgehead atoms. The maximum atomic E-state index is 12.2. The molecule has 27 heavy (non-hydrogen) atoms. The van der Waals surface area contributed by atoms with Crippen LogP contribution in [-0.2, 0) is 4.79 Å². The third-order valence-corrected chi connectivity index (χ3v) is 5.59. The molecule has 1 aromatic heterocycles. The van der Waals surface area contributed by atoms with Crippen molar-refractivity contribution in [2.45, 2.75) is 11.8 Å². The summed E-state index contributed by atoms with van der Waals surface area (Å²) in [6.07, 6.45) is 0. The second-order valence-corrected chi connectivity index (χ2v) is 7.68. The van der Waals surface area contributed by atoms with E-state index in [0.717, 1.165) is 33.6 Å². The molecule has 0 aliphatic rings. The zero-order valence-electron chi connectivity index (χ0n) is 14.1. The minimum atomic E-state index is -0.751. The number of anilines is 1. The molecule has 2 aromatic carbocycles. The third-order valence-electron chi connectivity index (χ3n) is 3.59. The van der Waals surface area contributed by atoms with Crippen LogP contribution in [0.2, 0.25) is 0 Å². The maximum Gasteiger partial charge on any atom is 0.283 e. The maximum absolute atomic E-state index is 12.2. The van der Waals surface area contributed by atoms with E-state index in [1.807, 2.05) is 25.1 Å². The van der Waals surface area contributed by atoms with Crippen molar-refractivity contribution >= 4 is 55.9 Å². The number of nitro benzene ring substituents is 1. The van der Waals surface area contributed by atoms with Crippen molar-refractivity contribution in [1.29, 1.82) is 0 Å². The van der Waals surface area contributed by atoms with Gasteiger partial charge >= 0.3 is 0 Å². The molecule has 10 heteroatoms. The van der Waals surface area contributed by atoms with E-state index in [-0.39, 0.29) is 27.8 Å². The summed E-state index contributed by atoms with van der Waals surface area (Å²) < 4.78 is 0.968. The van der Waals surface area contributed by atoms with Gasteiger partial charge in [0, 0.05) is 11.6 Å². The number of benzene rings is 2. The van der Waals surface area contributed by atoms with Gasteiger partial charge in [0.15, 0.2) is 5.13 Å². The Bertz CT molecular complexity index is 1060. The van der Waals surface area contributed by atoms with Crippen LogP contribution < -0.4 is 11.1 Å². The fourth-order valence-electron chi connectivity index (χ4n) is 2.32. The van der Waals surface area contributed by atoms with E-state index < -0.39 is 10.8 Å². The zero-order chi connectivity index (χ0) is 19.6. The summed E-state index contributed by atoms with van der Waals surface area (Å²) in [7, 11) is 0. The SMILES string of the molecule is Cc1ccc2nc(NC(=O)CSc3ccc(C(N)=O)cc3[N+](=O)[O-])sc2c1. The first-order valence-corrected chi connectivity index (χ1v) is 9.52. The van der Waals surface area contributed by atoms with E-state index in [1.165, 1.54) is 23.5 Å². The molecule has 0 fully saturated rings. The lowest BCUT2D eigenvalue weighted by atomic mass is 10.2. The first-order chi connectivity index (χ1) is 12.8. The molecule has 0 aliphatic carbocycles. The van der Waals surface area contributed by atoms with Gasteiger partial charge in [-0.15, -0.1) is 11.8 Å². The summed E-state index contributed by atoms with van der Waals surface area (Å²) in [5.41, 5.74) is 6.82. The standard InChI is InChI=1S/C17H14N4O4S2/c1-9-2-4-11-14(6-9)27-17(19-11)20-15(22)8-26-13-5-3-10(16(18)23)7-12(13)21(24)25/h2-7H,8H2,1H3,(H2,18,23)(H,19,20,22). The number of aryl methyl sites for hydroxylation is 1. The van der Waals surface area contributed by atoms with Crippen molar-refractivity contribution in [3.05, 3.63) is 57.6 Å². The summed E-state index contributed by atoms with van der Waals surface area (Å²) in [5.74, 6) is -1.12. The first kappa shape index (κ1) is 18.8. The normalized spacial score (nSPS) is 10.7. The van der Waals surface area contributed by atoms with Crippen LogP contribution in [0.25, 0.3) is 10.2 Å². The lowest BCUT2D eigenvalue weighted by Crippen LogP contribution is -2.14. The minimum Gasteiger partial charge on any atom is -0.366 e. The molecular weight excluding hydrogens is 388 g/mol. The van der Waals surface area contributed by atoms with Crippen LogP contribution in [-0.4, -0.2) is 27.5 Å². The lowest BCUT2D eigenvalue weighted by molar-refractivity contribution is -0.387. The fourth-order valence-corrected chi connectivity index (χ4v) is 4.10. The van der Waals surface area contributed by atoms with Crippen molar-refractivity contribution in [1.82, 2.24) is 4.98 Å². The average Bonchev–Trinajstić information content (AvgIpc) is 3.00. The molecule has 8 nitrogen and oxygen atoms in total. The number of thiazole rings is 1. The van der Waals surface area contributed by atoms with E-state index in [2.05, 4.69) is 10.3 Å². The number of thioether (sulfide) groups is 1. The highest BCUT2D eigenvalue weighted by Gasteiger charge is 2.18. The van der Waals surface area contributed by atoms with Gasteiger partial charge in [-0.05, 0) is 36.8 Å². The van der Waals surface area contributed by atoms with E-state index in [4.69, 9.17) is 5.73 Å². The molecule has 0 saturated heterocycles. The number of nitrogens with zero attached hydrogens (tertiary/aromatic N) is 2. The van der Waals surface area contributed by atoms with Crippen LogP contribution in [0.15, 0.2) is 41.3 Å². The van der Waals surface area contributed by atoms with E-state index in [0.29, 0.717) is 5.13 Å². The number of rotatable bonds is 6. The predicted molar refractivity (Wildman–Crippen MR) is 105 cm³/mol. The molecule has 0 aliphatic heterocycles. The number of nitro groups is 1. The van der Waals surface area contributed by atoms with Crippen LogP contribution >= 0.6 is 23.1 Å². The molecule has 0 atom stereocenters. The lowest BCUT2D eigenvalue weighted by Gasteiger charge is -2.04. The number of aromatic nitrogens is 1. The second kappa shape index (κ2) is 7.72. The van der Waals surface area contributed by atoms with Crippen molar-refractivity contribution in [3.63, 3.8) is 0 Å². The Morgan fingerprint density at radius 1 is 1.30 bits per heavy atom. The molecule has 3 aromatic rings. The Balaban J connectivity index is 1.69.